The Balaban J connectivity index is 2.71. The topological polar surface area (TPSA) is 67.8 Å². The van der Waals surface area contributed by atoms with Gasteiger partial charge in [0.05, 0.1) is 25.9 Å². The molecule has 0 bridgehead atoms. The van der Waals surface area contributed by atoms with E-state index >= 15 is 0 Å². The van der Waals surface area contributed by atoms with Gasteiger partial charge in [0.15, 0.2) is 5.60 Å². The number of methoxy groups -OCH3 is 1. The molecule has 1 aromatic rings. The largest absolute Gasteiger partial charge is 0.492 e. The second-order valence-corrected chi connectivity index (χ2v) is 4.05. The number of rotatable bonds is 6. The number of hydrogen-bond acceptors (Lipinski definition) is 5. The fraction of sp³-hybridized carbons (Fsp3) is 0.462. The van der Waals surface area contributed by atoms with Gasteiger partial charge >= 0.3 is 5.97 Å². The molecule has 0 spiro atoms. The van der Waals surface area contributed by atoms with Crippen LogP contribution >= 0.6 is 0 Å². The lowest BCUT2D eigenvalue weighted by atomic mass is 10.1. The third kappa shape index (κ3) is 3.63. The van der Waals surface area contributed by atoms with Crippen LogP contribution in [0.15, 0.2) is 24.3 Å². The van der Waals surface area contributed by atoms with Crippen LogP contribution in [0.2, 0.25) is 0 Å². The molecule has 0 aromatic heterocycles. The van der Waals surface area contributed by atoms with E-state index in [1.165, 1.54) is 14.0 Å². The molecule has 0 aliphatic carbocycles. The zero-order valence-electron chi connectivity index (χ0n) is 10.9. The summed E-state index contributed by atoms with van der Waals surface area (Å²) < 4.78 is 9.95. The molecule has 5 nitrogen and oxygen atoms in total. The molecule has 1 aromatic carbocycles. The van der Waals surface area contributed by atoms with E-state index in [1.807, 2.05) is 31.2 Å². The number of hydrogen-bond donors (Lipinski definition) is 2. The average molecular weight is 253 g/mol. The maximum absolute atomic E-state index is 11.3. The van der Waals surface area contributed by atoms with Crippen LogP contribution in [0.1, 0.15) is 13.8 Å². The fourth-order valence-corrected chi connectivity index (χ4v) is 1.45. The molecule has 0 amide bonds. The summed E-state index contributed by atoms with van der Waals surface area (Å²) in [5, 5.41) is 12.9. The minimum atomic E-state index is -1.58. The van der Waals surface area contributed by atoms with Crippen molar-refractivity contribution in [3.05, 3.63) is 24.3 Å². The lowest BCUT2D eigenvalue weighted by molar-refractivity contribution is -0.158. The molecule has 0 saturated heterocycles. The van der Waals surface area contributed by atoms with Crippen LogP contribution in [-0.2, 0) is 9.53 Å². The van der Waals surface area contributed by atoms with Crippen LogP contribution in [0.25, 0.3) is 0 Å². The van der Waals surface area contributed by atoms with Crippen LogP contribution in [0.5, 0.6) is 5.75 Å². The first-order chi connectivity index (χ1) is 8.51. The first-order valence-corrected chi connectivity index (χ1v) is 5.77. The summed E-state index contributed by atoms with van der Waals surface area (Å²) in [6, 6.07) is 7.34. The van der Waals surface area contributed by atoms with Crippen molar-refractivity contribution in [2.24, 2.45) is 0 Å². The van der Waals surface area contributed by atoms with E-state index in [-0.39, 0.29) is 6.54 Å². The first kappa shape index (κ1) is 14.3. The van der Waals surface area contributed by atoms with Crippen LogP contribution in [0, 0.1) is 0 Å². The Bertz CT molecular complexity index is 404. The highest BCUT2D eigenvalue weighted by atomic mass is 16.5. The molecule has 1 atom stereocenters. The lowest BCUT2D eigenvalue weighted by Gasteiger charge is -2.22. The van der Waals surface area contributed by atoms with E-state index in [1.54, 1.807) is 0 Å². The van der Waals surface area contributed by atoms with Crippen molar-refractivity contribution in [2.45, 2.75) is 19.4 Å². The fourth-order valence-electron chi connectivity index (χ4n) is 1.45. The number of carbonyl (C=O) groups excluding carboxylic acids is 1. The summed E-state index contributed by atoms with van der Waals surface area (Å²) >= 11 is 0. The van der Waals surface area contributed by atoms with Crippen LogP contribution in [0.3, 0.4) is 0 Å². The summed E-state index contributed by atoms with van der Waals surface area (Å²) in [7, 11) is 1.24. The van der Waals surface area contributed by atoms with Gasteiger partial charge in [-0.05, 0) is 26.0 Å². The molecular weight excluding hydrogens is 234 g/mol. The standard InChI is InChI=1S/C13H19NO4/c1-4-18-11-8-6-5-7-10(11)14-9-13(2,16)12(15)17-3/h5-8,14,16H,4,9H2,1-3H3. The minimum absolute atomic E-state index is 0.0454. The van der Waals surface area contributed by atoms with E-state index < -0.39 is 11.6 Å². The molecule has 0 heterocycles. The smallest absolute Gasteiger partial charge is 0.339 e. The molecule has 0 fully saturated rings. The van der Waals surface area contributed by atoms with Gasteiger partial charge in [0.1, 0.15) is 5.75 Å². The number of ether oxygens (including phenoxy) is 2. The zero-order valence-corrected chi connectivity index (χ0v) is 10.9. The van der Waals surface area contributed by atoms with Crippen LogP contribution in [0.4, 0.5) is 5.69 Å². The van der Waals surface area contributed by atoms with Crippen molar-refractivity contribution >= 4 is 11.7 Å². The summed E-state index contributed by atoms with van der Waals surface area (Å²) in [4.78, 5) is 11.3. The summed E-state index contributed by atoms with van der Waals surface area (Å²) in [6.07, 6.45) is 0. The highest BCUT2D eigenvalue weighted by molar-refractivity contribution is 5.79. The first-order valence-electron chi connectivity index (χ1n) is 5.77. The van der Waals surface area contributed by atoms with E-state index in [4.69, 9.17) is 4.74 Å². The zero-order chi connectivity index (χ0) is 13.6. The number of para-hydroxylation sites is 2. The van der Waals surface area contributed by atoms with Gasteiger partial charge in [-0.25, -0.2) is 4.79 Å². The molecule has 5 heteroatoms. The molecule has 0 saturated carbocycles. The molecular formula is C13H19NO4. The van der Waals surface area contributed by atoms with Crippen molar-refractivity contribution in [3.63, 3.8) is 0 Å². The normalized spacial score (nSPS) is 13.6. The van der Waals surface area contributed by atoms with Crippen molar-refractivity contribution in [1.82, 2.24) is 0 Å². The minimum Gasteiger partial charge on any atom is -0.492 e. The van der Waals surface area contributed by atoms with Gasteiger partial charge in [-0.3, -0.25) is 0 Å². The lowest BCUT2D eigenvalue weighted by Crippen LogP contribution is -2.42. The second-order valence-electron chi connectivity index (χ2n) is 4.05. The molecule has 0 aliphatic heterocycles. The predicted molar refractivity (Wildman–Crippen MR) is 68.7 cm³/mol. The monoisotopic (exact) mass is 253 g/mol. The maximum atomic E-state index is 11.3. The molecule has 0 aliphatic rings. The van der Waals surface area contributed by atoms with E-state index in [0.717, 1.165) is 5.69 Å². The Morgan fingerprint density at radius 2 is 2.11 bits per heavy atom. The third-order valence-electron chi connectivity index (χ3n) is 2.44. The number of aliphatic hydroxyl groups is 1. The molecule has 2 N–H and O–H groups in total. The van der Waals surface area contributed by atoms with Gasteiger partial charge in [0.2, 0.25) is 0 Å². The van der Waals surface area contributed by atoms with E-state index in [0.29, 0.717) is 12.4 Å². The Labute approximate surface area is 107 Å². The maximum Gasteiger partial charge on any atom is 0.339 e. The molecule has 0 radical (unpaired) electrons. The molecule has 1 rings (SSSR count). The Kier molecular flexibility index (Phi) is 4.97. The number of esters is 1. The Hall–Kier alpha value is -1.75. The van der Waals surface area contributed by atoms with Crippen molar-refractivity contribution in [3.8, 4) is 5.75 Å². The SMILES string of the molecule is CCOc1ccccc1NCC(C)(O)C(=O)OC. The van der Waals surface area contributed by atoms with E-state index in [2.05, 4.69) is 10.1 Å². The number of carbonyl (C=O) groups is 1. The molecule has 100 valence electrons. The van der Waals surface area contributed by atoms with Crippen LogP contribution < -0.4 is 10.1 Å². The molecule has 1 unspecified atom stereocenters. The molecule has 18 heavy (non-hydrogen) atoms. The van der Waals surface area contributed by atoms with Gasteiger partial charge in [-0.2, -0.15) is 0 Å². The number of nitrogens with one attached hydrogen (secondary N) is 1. The predicted octanol–water partition coefficient (Wildman–Crippen LogP) is 1.42. The van der Waals surface area contributed by atoms with Crippen molar-refractivity contribution in [1.29, 1.82) is 0 Å². The van der Waals surface area contributed by atoms with E-state index in [9.17, 15) is 9.90 Å². The number of anilines is 1. The quantitative estimate of drug-likeness (QED) is 0.750. The highest BCUT2D eigenvalue weighted by Gasteiger charge is 2.31. The average Bonchev–Trinajstić information content (AvgIpc) is 2.37. The summed E-state index contributed by atoms with van der Waals surface area (Å²) in [6.45, 7) is 3.88. The third-order valence-corrected chi connectivity index (χ3v) is 2.44. The van der Waals surface area contributed by atoms with Crippen molar-refractivity contribution in [2.75, 3.05) is 25.6 Å². The van der Waals surface area contributed by atoms with Gasteiger partial charge in [0.25, 0.3) is 0 Å². The Morgan fingerprint density at radius 3 is 2.72 bits per heavy atom. The second kappa shape index (κ2) is 6.26. The number of benzene rings is 1. The van der Waals surface area contributed by atoms with Gasteiger partial charge in [-0.15, -0.1) is 0 Å². The van der Waals surface area contributed by atoms with Gasteiger partial charge in [-0.1, -0.05) is 12.1 Å². The van der Waals surface area contributed by atoms with Gasteiger partial charge in [0, 0.05) is 0 Å². The van der Waals surface area contributed by atoms with Gasteiger partial charge < -0.3 is 19.9 Å². The van der Waals surface area contributed by atoms with Crippen molar-refractivity contribution < 1.29 is 19.4 Å². The van der Waals surface area contributed by atoms with Crippen LogP contribution in [-0.4, -0.2) is 36.9 Å². The Morgan fingerprint density at radius 1 is 1.44 bits per heavy atom. The summed E-state index contributed by atoms with van der Waals surface area (Å²) in [5.74, 6) is 0.00422. The highest BCUT2D eigenvalue weighted by Crippen LogP contribution is 2.24. The summed E-state index contributed by atoms with van der Waals surface area (Å²) in [5.41, 5.74) is -0.850.